The summed E-state index contributed by atoms with van der Waals surface area (Å²) in [5.74, 6) is 0.144. The number of rotatable bonds is 1. The molecule has 0 radical (unpaired) electrons. The van der Waals surface area contributed by atoms with Crippen molar-refractivity contribution in [2.24, 2.45) is 5.41 Å². The molecule has 0 aromatic heterocycles. The Morgan fingerprint density at radius 3 is 1.84 bits per heavy atom. The van der Waals surface area contributed by atoms with Crippen LogP contribution in [0.4, 0.5) is 4.79 Å². The minimum atomic E-state index is -2.95. The second kappa shape index (κ2) is 4.96. The van der Waals surface area contributed by atoms with Crippen molar-refractivity contribution >= 4 is 15.9 Å². The van der Waals surface area contributed by atoms with Crippen molar-refractivity contribution in [2.75, 3.05) is 31.6 Å². The smallest absolute Gasteiger partial charge is 0.320 e. The van der Waals surface area contributed by atoms with Gasteiger partial charge in [-0.3, -0.25) is 0 Å². The van der Waals surface area contributed by atoms with Gasteiger partial charge in [0, 0.05) is 25.7 Å². The highest BCUT2D eigenvalue weighted by Crippen LogP contribution is 2.34. The summed E-state index contributed by atoms with van der Waals surface area (Å²) in [4.78, 5) is 15.8. The highest BCUT2D eigenvalue weighted by Gasteiger charge is 2.40. The number of hydrogen-bond acceptors (Lipinski definition) is 3. The van der Waals surface area contributed by atoms with Gasteiger partial charge in [0.25, 0.3) is 0 Å². The number of carbonyl (C=O) groups excluding carboxylic acids is 1. The first-order valence-corrected chi connectivity index (χ1v) is 8.44. The van der Waals surface area contributed by atoms with E-state index in [4.69, 9.17) is 0 Å². The van der Waals surface area contributed by atoms with Crippen LogP contribution in [0.3, 0.4) is 0 Å². The van der Waals surface area contributed by atoms with Crippen LogP contribution in [0.2, 0.25) is 0 Å². The molecule has 0 unspecified atom stereocenters. The first kappa shape index (κ1) is 16.3. The summed E-state index contributed by atoms with van der Waals surface area (Å²) >= 11 is 0. The second-order valence-corrected chi connectivity index (χ2v) is 9.09. The zero-order valence-corrected chi connectivity index (χ0v) is 13.7. The maximum absolute atomic E-state index is 12.5. The van der Waals surface area contributed by atoms with Crippen molar-refractivity contribution in [2.45, 2.75) is 40.2 Å². The molecule has 0 aromatic rings. The van der Waals surface area contributed by atoms with Gasteiger partial charge in [0.15, 0.2) is 9.84 Å². The van der Waals surface area contributed by atoms with Crippen molar-refractivity contribution in [1.82, 2.24) is 9.80 Å². The van der Waals surface area contributed by atoms with E-state index in [2.05, 4.69) is 20.8 Å². The van der Waals surface area contributed by atoms with Gasteiger partial charge in [0.05, 0.1) is 11.5 Å². The van der Waals surface area contributed by atoms with Crippen molar-refractivity contribution in [3.8, 4) is 0 Å². The lowest BCUT2D eigenvalue weighted by molar-refractivity contribution is 0.0520. The minimum absolute atomic E-state index is 0.0563. The molecular formula is C13H26N2O3S. The molecule has 19 heavy (non-hydrogen) atoms. The third kappa shape index (κ3) is 3.41. The number of hydrogen-bond donors (Lipinski definition) is 0. The third-order valence-corrected chi connectivity index (χ3v) is 6.18. The summed E-state index contributed by atoms with van der Waals surface area (Å²) in [5, 5.41) is 0. The molecule has 112 valence electrons. The second-order valence-electron chi connectivity index (χ2n) is 6.79. The number of sulfone groups is 1. The van der Waals surface area contributed by atoms with E-state index in [-0.39, 0.29) is 28.5 Å². The molecule has 0 aromatic carbocycles. The number of nitrogens with zero attached hydrogens (tertiary/aromatic N) is 2. The van der Waals surface area contributed by atoms with Gasteiger partial charge in [-0.1, -0.05) is 20.8 Å². The predicted octanol–water partition coefficient (Wildman–Crippen LogP) is 1.59. The highest BCUT2D eigenvalue weighted by atomic mass is 32.2. The van der Waals surface area contributed by atoms with Crippen LogP contribution in [-0.4, -0.2) is 61.4 Å². The van der Waals surface area contributed by atoms with E-state index in [1.165, 1.54) is 0 Å². The molecule has 0 N–H and O–H groups in total. The average Bonchev–Trinajstić information content (AvgIpc) is 2.25. The van der Waals surface area contributed by atoms with Crippen molar-refractivity contribution < 1.29 is 13.2 Å². The highest BCUT2D eigenvalue weighted by molar-refractivity contribution is 7.91. The van der Waals surface area contributed by atoms with E-state index in [1.54, 1.807) is 16.8 Å². The molecule has 0 spiro atoms. The molecule has 0 saturated carbocycles. The van der Waals surface area contributed by atoms with E-state index < -0.39 is 9.84 Å². The van der Waals surface area contributed by atoms with E-state index in [0.717, 1.165) is 0 Å². The topological polar surface area (TPSA) is 57.7 Å². The number of carbonyl (C=O) groups is 1. The molecule has 1 heterocycles. The number of amides is 2. The zero-order valence-electron chi connectivity index (χ0n) is 12.9. The molecule has 1 saturated heterocycles. The average molecular weight is 290 g/mol. The van der Waals surface area contributed by atoms with E-state index >= 15 is 0 Å². The Labute approximate surface area is 116 Å². The molecule has 1 aliphatic heterocycles. The van der Waals surface area contributed by atoms with Gasteiger partial charge < -0.3 is 9.80 Å². The van der Waals surface area contributed by atoms with Crippen molar-refractivity contribution in [3.05, 3.63) is 0 Å². The molecule has 0 bridgehead atoms. The maximum Gasteiger partial charge on any atom is 0.320 e. The fourth-order valence-corrected chi connectivity index (χ4v) is 3.06. The molecule has 2 amide bonds. The Morgan fingerprint density at radius 1 is 1.05 bits per heavy atom. The molecule has 1 aliphatic rings. The van der Waals surface area contributed by atoms with Gasteiger partial charge in [-0.2, -0.15) is 0 Å². The zero-order chi connectivity index (χ0) is 15.1. The van der Waals surface area contributed by atoms with Crippen LogP contribution in [0.25, 0.3) is 0 Å². The van der Waals surface area contributed by atoms with Crippen molar-refractivity contribution in [3.63, 3.8) is 0 Å². The largest absolute Gasteiger partial charge is 0.323 e. The Hall–Kier alpha value is -0.780. The lowest BCUT2D eigenvalue weighted by Gasteiger charge is -2.47. The van der Waals surface area contributed by atoms with Crippen LogP contribution in [0, 0.1) is 5.41 Å². The van der Waals surface area contributed by atoms with Crippen LogP contribution in [-0.2, 0) is 9.84 Å². The van der Waals surface area contributed by atoms with Crippen LogP contribution in [0.1, 0.15) is 34.6 Å². The lowest BCUT2D eigenvalue weighted by atomic mass is 9.75. The summed E-state index contributed by atoms with van der Waals surface area (Å²) in [5.41, 5.74) is -0.361. The Morgan fingerprint density at radius 2 is 1.47 bits per heavy atom. The van der Waals surface area contributed by atoms with Crippen LogP contribution < -0.4 is 0 Å². The summed E-state index contributed by atoms with van der Waals surface area (Å²) < 4.78 is 22.8. The minimum Gasteiger partial charge on any atom is -0.323 e. The summed E-state index contributed by atoms with van der Waals surface area (Å²) in [7, 11) is -1.16. The quantitative estimate of drug-likeness (QED) is 0.737. The van der Waals surface area contributed by atoms with E-state index in [1.807, 2.05) is 13.8 Å². The first-order valence-electron chi connectivity index (χ1n) is 6.62. The normalized spacial score (nSPS) is 20.2. The predicted molar refractivity (Wildman–Crippen MR) is 76.9 cm³/mol. The van der Waals surface area contributed by atoms with Crippen LogP contribution in [0.5, 0.6) is 0 Å². The third-order valence-electron chi connectivity index (χ3n) is 4.58. The molecule has 6 heteroatoms. The van der Waals surface area contributed by atoms with Crippen LogP contribution in [0.15, 0.2) is 0 Å². The van der Waals surface area contributed by atoms with Gasteiger partial charge in [-0.05, 0) is 19.3 Å². The maximum atomic E-state index is 12.5. The Bertz CT molecular complexity index is 435. The Kier molecular flexibility index (Phi) is 4.25. The lowest BCUT2D eigenvalue weighted by Crippen LogP contribution is -2.58. The molecule has 0 atom stereocenters. The van der Waals surface area contributed by atoms with Crippen molar-refractivity contribution in [1.29, 1.82) is 0 Å². The summed E-state index contributed by atoms with van der Waals surface area (Å²) in [6.45, 7) is 10.9. The van der Waals surface area contributed by atoms with E-state index in [9.17, 15) is 13.2 Å². The van der Waals surface area contributed by atoms with E-state index in [0.29, 0.717) is 13.1 Å². The Balaban J connectivity index is 2.79. The summed E-state index contributed by atoms with van der Waals surface area (Å²) in [6, 6.07) is -0.0881. The molecule has 1 rings (SSSR count). The molecule has 1 fully saturated rings. The number of urea groups is 1. The molecule has 0 aliphatic carbocycles. The fourth-order valence-electron chi connectivity index (χ4n) is 1.86. The van der Waals surface area contributed by atoms with Crippen LogP contribution >= 0.6 is 0 Å². The fraction of sp³-hybridized carbons (Fsp3) is 0.923. The summed E-state index contributed by atoms with van der Waals surface area (Å²) in [6.07, 6.45) is 0. The van der Waals surface area contributed by atoms with Gasteiger partial charge in [0.2, 0.25) is 0 Å². The van der Waals surface area contributed by atoms with Gasteiger partial charge >= 0.3 is 6.03 Å². The van der Waals surface area contributed by atoms with Gasteiger partial charge in [0.1, 0.15) is 0 Å². The SMILES string of the molecule is CN(C(=O)N1CCS(=O)(=O)CC1)C(C)(C)C(C)(C)C. The molecule has 5 nitrogen and oxygen atoms in total. The molecular weight excluding hydrogens is 264 g/mol. The monoisotopic (exact) mass is 290 g/mol. The van der Waals surface area contributed by atoms with Gasteiger partial charge in [-0.15, -0.1) is 0 Å². The standard InChI is InChI=1S/C13H26N2O3S/c1-12(2,3)13(4,5)14(6)11(16)15-7-9-19(17,18)10-8-15/h7-10H2,1-6H3. The first-order chi connectivity index (χ1) is 8.38. The van der Waals surface area contributed by atoms with Gasteiger partial charge in [-0.25, -0.2) is 13.2 Å².